The van der Waals surface area contributed by atoms with Crippen molar-refractivity contribution in [3.05, 3.63) is 0 Å². The molecule has 0 saturated heterocycles. The van der Waals surface area contributed by atoms with Crippen LogP contribution >= 0.6 is 0 Å². The molecule has 1 saturated carbocycles. The number of hydrogen-bond acceptors (Lipinski definition) is 3. The quantitative estimate of drug-likeness (QED) is 0.595. The number of aliphatic hydroxyl groups is 1. The lowest BCUT2D eigenvalue weighted by molar-refractivity contribution is 0.295. The van der Waals surface area contributed by atoms with Crippen LogP contribution < -0.4 is 4.72 Å². The Morgan fingerprint density at radius 1 is 1.45 bits per heavy atom. The van der Waals surface area contributed by atoms with Crippen molar-refractivity contribution in [3.63, 3.8) is 0 Å². The van der Waals surface area contributed by atoms with Crippen molar-refractivity contribution >= 4 is 10.0 Å². The Bertz CT molecular complexity index is 208. The van der Waals surface area contributed by atoms with Crippen LogP contribution in [-0.2, 0) is 10.0 Å². The first-order valence-corrected chi connectivity index (χ1v) is 5.40. The van der Waals surface area contributed by atoms with Gasteiger partial charge in [0.1, 0.15) is 0 Å². The van der Waals surface area contributed by atoms with Gasteiger partial charge >= 0.3 is 0 Å². The van der Waals surface area contributed by atoms with Crippen LogP contribution in [0.3, 0.4) is 0 Å². The van der Waals surface area contributed by atoms with Crippen molar-refractivity contribution in [2.45, 2.75) is 25.3 Å². The Morgan fingerprint density at radius 3 is 2.55 bits per heavy atom. The highest BCUT2D eigenvalue weighted by Crippen LogP contribution is 2.19. The molecule has 0 aromatic carbocycles. The van der Waals surface area contributed by atoms with Crippen molar-refractivity contribution in [1.82, 2.24) is 4.72 Å². The molecule has 5 heteroatoms. The van der Waals surface area contributed by atoms with Crippen LogP contribution in [0.4, 0.5) is 0 Å². The van der Waals surface area contributed by atoms with Crippen molar-refractivity contribution in [3.8, 4) is 0 Å². The summed E-state index contributed by atoms with van der Waals surface area (Å²) in [5.41, 5.74) is 0. The van der Waals surface area contributed by atoms with E-state index in [0.29, 0.717) is 6.42 Å². The second kappa shape index (κ2) is 3.51. The van der Waals surface area contributed by atoms with Crippen molar-refractivity contribution in [2.75, 3.05) is 12.4 Å². The SMILES string of the molecule is O=S(=O)(CCCO)NC1CC1. The molecule has 0 aromatic rings. The fraction of sp³-hybridized carbons (Fsp3) is 1.00. The molecule has 11 heavy (non-hydrogen) atoms. The minimum atomic E-state index is -3.09. The molecule has 1 fully saturated rings. The zero-order chi connectivity index (χ0) is 8.32. The lowest BCUT2D eigenvalue weighted by atomic mass is 10.5. The molecule has 0 aromatic heterocycles. The normalized spacial score (nSPS) is 18.6. The van der Waals surface area contributed by atoms with Gasteiger partial charge in [0.25, 0.3) is 0 Å². The number of nitrogens with one attached hydrogen (secondary N) is 1. The maximum atomic E-state index is 11.0. The molecule has 1 aliphatic carbocycles. The minimum Gasteiger partial charge on any atom is -0.396 e. The third-order valence-electron chi connectivity index (χ3n) is 1.49. The molecule has 0 spiro atoms. The number of rotatable bonds is 5. The number of sulfonamides is 1. The summed E-state index contributed by atoms with van der Waals surface area (Å²) in [6, 6.07) is 0.179. The van der Waals surface area contributed by atoms with E-state index in [0.717, 1.165) is 12.8 Å². The van der Waals surface area contributed by atoms with Gasteiger partial charge in [-0.25, -0.2) is 13.1 Å². The van der Waals surface area contributed by atoms with Gasteiger partial charge in [-0.2, -0.15) is 0 Å². The molecular formula is C6H13NO3S. The van der Waals surface area contributed by atoms with Crippen molar-refractivity contribution in [1.29, 1.82) is 0 Å². The van der Waals surface area contributed by atoms with E-state index in [1.807, 2.05) is 0 Å². The maximum absolute atomic E-state index is 11.0. The van der Waals surface area contributed by atoms with E-state index in [1.165, 1.54) is 0 Å². The largest absolute Gasteiger partial charge is 0.396 e. The summed E-state index contributed by atoms with van der Waals surface area (Å²) in [6.45, 7) is -0.0639. The van der Waals surface area contributed by atoms with Crippen molar-refractivity contribution < 1.29 is 13.5 Å². The Balaban J connectivity index is 2.26. The molecule has 4 nitrogen and oxygen atoms in total. The minimum absolute atomic E-state index is 0.0417. The van der Waals surface area contributed by atoms with E-state index in [4.69, 9.17) is 5.11 Å². The van der Waals surface area contributed by atoms with Crippen molar-refractivity contribution in [2.24, 2.45) is 0 Å². The molecule has 0 atom stereocenters. The summed E-state index contributed by atoms with van der Waals surface area (Å²) in [6.07, 6.45) is 2.23. The monoisotopic (exact) mass is 179 g/mol. The van der Waals surface area contributed by atoms with Gasteiger partial charge < -0.3 is 5.11 Å². The summed E-state index contributed by atoms with van der Waals surface area (Å²) in [5, 5.41) is 8.39. The Labute approximate surface area is 66.7 Å². The first kappa shape index (κ1) is 8.96. The van der Waals surface area contributed by atoms with Crippen LogP contribution in [0.2, 0.25) is 0 Å². The summed E-state index contributed by atoms with van der Waals surface area (Å²) < 4.78 is 24.6. The van der Waals surface area contributed by atoms with Gasteiger partial charge in [0, 0.05) is 12.6 Å². The number of hydrogen-bond donors (Lipinski definition) is 2. The van der Waals surface area contributed by atoms with E-state index >= 15 is 0 Å². The van der Waals surface area contributed by atoms with Gasteiger partial charge in [-0.05, 0) is 19.3 Å². The second-order valence-corrected chi connectivity index (χ2v) is 4.66. The van der Waals surface area contributed by atoms with Crippen LogP contribution in [0, 0.1) is 0 Å². The molecule has 0 aliphatic heterocycles. The van der Waals surface area contributed by atoms with Crippen LogP contribution in [0.5, 0.6) is 0 Å². The third kappa shape index (κ3) is 3.69. The fourth-order valence-electron chi connectivity index (χ4n) is 0.769. The lowest BCUT2D eigenvalue weighted by Gasteiger charge is -2.02. The van der Waals surface area contributed by atoms with Gasteiger partial charge in [0.2, 0.25) is 10.0 Å². The molecule has 66 valence electrons. The maximum Gasteiger partial charge on any atom is 0.211 e. The van der Waals surface area contributed by atoms with Gasteiger partial charge in [-0.1, -0.05) is 0 Å². The first-order valence-electron chi connectivity index (χ1n) is 3.75. The molecule has 0 radical (unpaired) electrons. The van der Waals surface area contributed by atoms with Gasteiger partial charge in [0.05, 0.1) is 5.75 Å². The van der Waals surface area contributed by atoms with Gasteiger partial charge in [-0.3, -0.25) is 0 Å². The predicted molar refractivity (Wildman–Crippen MR) is 41.6 cm³/mol. The van der Waals surface area contributed by atoms with Crippen LogP contribution in [0.1, 0.15) is 19.3 Å². The Kier molecular flexibility index (Phi) is 2.86. The summed E-state index contributed by atoms with van der Waals surface area (Å²) in [7, 11) is -3.09. The molecular weight excluding hydrogens is 166 g/mol. The smallest absolute Gasteiger partial charge is 0.211 e. The Hall–Kier alpha value is -0.130. The highest BCUT2D eigenvalue weighted by Gasteiger charge is 2.26. The average molecular weight is 179 g/mol. The molecule has 0 bridgehead atoms. The molecule has 0 unspecified atom stereocenters. The zero-order valence-electron chi connectivity index (χ0n) is 6.28. The Morgan fingerprint density at radius 2 is 2.09 bits per heavy atom. The van der Waals surface area contributed by atoms with Gasteiger partial charge in [-0.15, -0.1) is 0 Å². The van der Waals surface area contributed by atoms with E-state index in [-0.39, 0.29) is 18.4 Å². The topological polar surface area (TPSA) is 66.4 Å². The van der Waals surface area contributed by atoms with Crippen LogP contribution in [0.25, 0.3) is 0 Å². The highest BCUT2D eigenvalue weighted by molar-refractivity contribution is 7.89. The first-order chi connectivity index (χ1) is 5.14. The van der Waals surface area contributed by atoms with E-state index in [1.54, 1.807) is 0 Å². The molecule has 2 N–H and O–H groups in total. The molecule has 0 amide bonds. The summed E-state index contributed by atoms with van der Waals surface area (Å²) in [5.74, 6) is 0.0417. The van der Waals surface area contributed by atoms with E-state index < -0.39 is 10.0 Å². The van der Waals surface area contributed by atoms with Gasteiger partial charge in [0.15, 0.2) is 0 Å². The zero-order valence-corrected chi connectivity index (χ0v) is 7.10. The second-order valence-electron chi connectivity index (χ2n) is 2.79. The summed E-state index contributed by atoms with van der Waals surface area (Å²) >= 11 is 0. The summed E-state index contributed by atoms with van der Waals surface area (Å²) in [4.78, 5) is 0. The fourth-order valence-corrected chi connectivity index (χ4v) is 2.14. The predicted octanol–water partition coefficient (Wildman–Crippen LogP) is -0.549. The molecule has 1 aliphatic rings. The van der Waals surface area contributed by atoms with E-state index in [9.17, 15) is 8.42 Å². The standard InChI is InChI=1S/C6H13NO3S/c8-4-1-5-11(9,10)7-6-2-3-6/h6-8H,1-5H2. The molecule has 0 heterocycles. The highest BCUT2D eigenvalue weighted by atomic mass is 32.2. The third-order valence-corrected chi connectivity index (χ3v) is 3.01. The molecule has 1 rings (SSSR count). The van der Waals surface area contributed by atoms with Crippen LogP contribution in [0.15, 0.2) is 0 Å². The lowest BCUT2D eigenvalue weighted by Crippen LogP contribution is -2.28. The number of aliphatic hydroxyl groups excluding tert-OH is 1. The van der Waals surface area contributed by atoms with Crippen LogP contribution in [-0.4, -0.2) is 31.9 Å². The van der Waals surface area contributed by atoms with E-state index in [2.05, 4.69) is 4.72 Å². The average Bonchev–Trinajstić information content (AvgIpc) is 2.67.